The molecule has 0 fully saturated rings. The Labute approximate surface area is 173 Å². The number of aliphatic hydroxyl groups excluding tert-OH is 2. The number of rotatable bonds is 11. The lowest BCUT2D eigenvalue weighted by molar-refractivity contribution is -0.139. The third kappa shape index (κ3) is 8.15. The normalized spacial score (nSPS) is 15.8. The monoisotopic (exact) mass is 424 g/mol. The molecule has 5 unspecified atom stereocenters. The minimum atomic E-state index is -1.45. The molecule has 0 saturated carbocycles. The SMILES string of the molecule is CC(O)C(N)C(=O)NC(C(=O)NC(Cc1ccccc1)C(=O)NCC(=O)O)C(C)O. The Balaban J connectivity index is 2.96. The summed E-state index contributed by atoms with van der Waals surface area (Å²) in [5.74, 6) is -3.73. The van der Waals surface area contributed by atoms with Gasteiger partial charge in [-0.1, -0.05) is 30.3 Å². The lowest BCUT2D eigenvalue weighted by atomic mass is 10.0. The second-order valence-corrected chi connectivity index (χ2v) is 6.86. The molecule has 0 heterocycles. The van der Waals surface area contributed by atoms with Crippen molar-refractivity contribution in [1.29, 1.82) is 0 Å². The Morgan fingerprint density at radius 2 is 1.53 bits per heavy atom. The molecule has 3 amide bonds. The third-order valence-electron chi connectivity index (χ3n) is 4.21. The van der Waals surface area contributed by atoms with Crippen LogP contribution in [0.3, 0.4) is 0 Å². The Hall–Kier alpha value is -3.02. The van der Waals surface area contributed by atoms with Gasteiger partial charge < -0.3 is 37.0 Å². The Morgan fingerprint density at radius 1 is 0.933 bits per heavy atom. The quantitative estimate of drug-likeness (QED) is 0.202. The van der Waals surface area contributed by atoms with Crippen molar-refractivity contribution in [1.82, 2.24) is 16.0 Å². The van der Waals surface area contributed by atoms with Crippen LogP contribution in [0.25, 0.3) is 0 Å². The number of carbonyl (C=O) groups excluding carboxylic acids is 3. The number of amides is 3. The van der Waals surface area contributed by atoms with Crippen molar-refractivity contribution in [2.45, 2.75) is 50.6 Å². The van der Waals surface area contributed by atoms with Crippen LogP contribution in [0.5, 0.6) is 0 Å². The summed E-state index contributed by atoms with van der Waals surface area (Å²) in [7, 11) is 0. The molecule has 0 bridgehead atoms. The van der Waals surface area contributed by atoms with Crippen molar-refractivity contribution in [3.8, 4) is 0 Å². The van der Waals surface area contributed by atoms with Crippen LogP contribution in [0.1, 0.15) is 19.4 Å². The van der Waals surface area contributed by atoms with Crippen molar-refractivity contribution >= 4 is 23.7 Å². The lowest BCUT2D eigenvalue weighted by Crippen LogP contribution is -2.60. The van der Waals surface area contributed by atoms with Gasteiger partial charge in [0.05, 0.1) is 12.2 Å². The minimum absolute atomic E-state index is 0.0473. The summed E-state index contributed by atoms with van der Waals surface area (Å²) in [6, 6.07) is 4.75. The van der Waals surface area contributed by atoms with Crippen LogP contribution in [0.4, 0.5) is 0 Å². The predicted molar refractivity (Wildman–Crippen MR) is 106 cm³/mol. The molecule has 166 valence electrons. The van der Waals surface area contributed by atoms with Crippen molar-refractivity contribution in [2.24, 2.45) is 5.73 Å². The van der Waals surface area contributed by atoms with E-state index < -0.39 is 60.6 Å². The van der Waals surface area contributed by atoms with Gasteiger partial charge in [0.25, 0.3) is 0 Å². The van der Waals surface area contributed by atoms with Gasteiger partial charge in [-0.3, -0.25) is 19.2 Å². The molecular formula is C19H28N4O7. The molecule has 0 spiro atoms. The van der Waals surface area contributed by atoms with E-state index in [-0.39, 0.29) is 6.42 Å². The maximum absolute atomic E-state index is 12.7. The van der Waals surface area contributed by atoms with E-state index in [2.05, 4.69) is 16.0 Å². The maximum atomic E-state index is 12.7. The topological polar surface area (TPSA) is 191 Å². The van der Waals surface area contributed by atoms with Crippen molar-refractivity contribution in [3.05, 3.63) is 35.9 Å². The zero-order chi connectivity index (χ0) is 22.8. The van der Waals surface area contributed by atoms with Gasteiger partial charge in [-0.15, -0.1) is 0 Å². The van der Waals surface area contributed by atoms with Gasteiger partial charge in [0.2, 0.25) is 17.7 Å². The fourth-order valence-electron chi connectivity index (χ4n) is 2.48. The van der Waals surface area contributed by atoms with Crippen LogP contribution < -0.4 is 21.7 Å². The van der Waals surface area contributed by atoms with E-state index >= 15 is 0 Å². The highest BCUT2D eigenvalue weighted by Gasteiger charge is 2.32. The first-order chi connectivity index (χ1) is 14.0. The van der Waals surface area contributed by atoms with E-state index in [9.17, 15) is 29.4 Å². The Bertz CT molecular complexity index is 740. The number of aliphatic carboxylic acids is 1. The van der Waals surface area contributed by atoms with Crippen LogP contribution >= 0.6 is 0 Å². The van der Waals surface area contributed by atoms with Crippen LogP contribution in [-0.2, 0) is 25.6 Å². The molecule has 1 aromatic rings. The summed E-state index contributed by atoms with van der Waals surface area (Å²) in [6.45, 7) is 1.92. The standard InChI is InChI=1S/C19H28N4O7/c1-10(24)15(20)18(29)23-16(11(2)25)19(30)22-13(17(28)21-9-14(26)27)8-12-6-4-3-5-7-12/h3-7,10-11,13,15-16,24-25H,8-9,20H2,1-2H3,(H,21,28)(H,22,30)(H,23,29)(H,26,27). The highest BCUT2D eigenvalue weighted by molar-refractivity contribution is 5.94. The zero-order valence-corrected chi connectivity index (χ0v) is 16.7. The third-order valence-corrected chi connectivity index (χ3v) is 4.21. The van der Waals surface area contributed by atoms with Crippen molar-refractivity contribution in [2.75, 3.05) is 6.54 Å². The van der Waals surface area contributed by atoms with Gasteiger partial charge in [-0.05, 0) is 19.4 Å². The fraction of sp³-hybridized carbons (Fsp3) is 0.474. The average Bonchev–Trinajstić information content (AvgIpc) is 2.69. The summed E-state index contributed by atoms with van der Waals surface area (Å²) in [4.78, 5) is 47.9. The summed E-state index contributed by atoms with van der Waals surface area (Å²) < 4.78 is 0. The number of benzene rings is 1. The minimum Gasteiger partial charge on any atom is -0.480 e. The van der Waals surface area contributed by atoms with Gasteiger partial charge >= 0.3 is 5.97 Å². The first kappa shape index (κ1) is 25.0. The number of aliphatic hydroxyl groups is 2. The molecule has 0 saturated heterocycles. The molecule has 8 N–H and O–H groups in total. The molecule has 30 heavy (non-hydrogen) atoms. The van der Waals surface area contributed by atoms with E-state index in [1.807, 2.05) is 0 Å². The van der Waals surface area contributed by atoms with Crippen LogP contribution in [0, 0.1) is 0 Å². The molecular weight excluding hydrogens is 396 g/mol. The second kappa shape index (κ2) is 11.9. The second-order valence-electron chi connectivity index (χ2n) is 6.86. The summed E-state index contributed by atoms with van der Waals surface area (Å²) in [5.41, 5.74) is 6.23. The summed E-state index contributed by atoms with van der Waals surface area (Å²) in [5, 5.41) is 34.9. The molecule has 0 radical (unpaired) electrons. The van der Waals surface area contributed by atoms with Crippen LogP contribution in [-0.4, -0.2) is 75.9 Å². The Morgan fingerprint density at radius 3 is 2.03 bits per heavy atom. The largest absolute Gasteiger partial charge is 0.480 e. The predicted octanol–water partition coefficient (Wildman–Crippen LogP) is -2.51. The highest BCUT2D eigenvalue weighted by Crippen LogP contribution is 2.05. The number of hydrogen-bond donors (Lipinski definition) is 7. The molecule has 1 rings (SSSR count). The van der Waals surface area contributed by atoms with Gasteiger partial charge in [-0.2, -0.15) is 0 Å². The molecule has 1 aromatic carbocycles. The molecule has 0 aromatic heterocycles. The number of carboxylic acid groups (broad SMARTS) is 1. The fourth-order valence-corrected chi connectivity index (χ4v) is 2.48. The van der Waals surface area contributed by atoms with Gasteiger partial charge in [-0.25, -0.2) is 0 Å². The molecule has 0 aliphatic carbocycles. The first-order valence-electron chi connectivity index (χ1n) is 9.28. The van der Waals surface area contributed by atoms with Crippen LogP contribution in [0.15, 0.2) is 30.3 Å². The average molecular weight is 424 g/mol. The summed E-state index contributed by atoms with van der Waals surface area (Å²) in [6.07, 6.45) is -2.48. The number of carbonyl (C=O) groups is 4. The number of carboxylic acids is 1. The zero-order valence-electron chi connectivity index (χ0n) is 16.7. The smallest absolute Gasteiger partial charge is 0.322 e. The van der Waals surface area contributed by atoms with Gasteiger partial charge in [0.1, 0.15) is 24.7 Å². The summed E-state index contributed by atoms with van der Waals surface area (Å²) >= 11 is 0. The van der Waals surface area contributed by atoms with Crippen molar-refractivity contribution in [3.63, 3.8) is 0 Å². The number of hydrogen-bond acceptors (Lipinski definition) is 7. The molecule has 0 aliphatic rings. The van der Waals surface area contributed by atoms with E-state index in [0.717, 1.165) is 0 Å². The van der Waals surface area contributed by atoms with Crippen LogP contribution in [0.2, 0.25) is 0 Å². The Kier molecular flexibility index (Phi) is 9.89. The lowest BCUT2D eigenvalue weighted by Gasteiger charge is -2.26. The van der Waals surface area contributed by atoms with Gasteiger partial charge in [0.15, 0.2) is 0 Å². The van der Waals surface area contributed by atoms with E-state index in [1.54, 1.807) is 30.3 Å². The number of nitrogens with one attached hydrogen (secondary N) is 3. The number of nitrogens with two attached hydrogens (primary N) is 1. The van der Waals surface area contributed by atoms with Crippen molar-refractivity contribution < 1.29 is 34.5 Å². The molecule has 0 aliphatic heterocycles. The molecule has 11 heteroatoms. The molecule has 11 nitrogen and oxygen atoms in total. The first-order valence-corrected chi connectivity index (χ1v) is 9.28. The van der Waals surface area contributed by atoms with Gasteiger partial charge in [0, 0.05) is 6.42 Å². The van der Waals surface area contributed by atoms with E-state index in [4.69, 9.17) is 10.8 Å². The van der Waals surface area contributed by atoms with E-state index in [1.165, 1.54) is 13.8 Å². The molecule has 5 atom stereocenters. The maximum Gasteiger partial charge on any atom is 0.322 e. The van der Waals surface area contributed by atoms with E-state index in [0.29, 0.717) is 5.56 Å². The highest BCUT2D eigenvalue weighted by atomic mass is 16.4.